The minimum Gasteiger partial charge on any atom is -0.496 e. The van der Waals surface area contributed by atoms with E-state index in [0.29, 0.717) is 6.61 Å². The van der Waals surface area contributed by atoms with Crippen molar-refractivity contribution in [2.24, 2.45) is 0 Å². The highest BCUT2D eigenvalue weighted by Gasteiger charge is 2.19. The van der Waals surface area contributed by atoms with Crippen LogP contribution in [0.25, 0.3) is 0 Å². The molecule has 0 saturated carbocycles. The highest BCUT2D eigenvalue weighted by atomic mass is 16.5. The average Bonchev–Trinajstić information content (AvgIpc) is 2.97. The predicted molar refractivity (Wildman–Crippen MR) is 74.9 cm³/mol. The molecule has 0 radical (unpaired) electrons. The molecule has 4 heteroatoms. The fraction of sp³-hybridized carbons (Fsp3) is 0.600. The summed E-state index contributed by atoms with van der Waals surface area (Å²) in [6.45, 7) is 3.55. The summed E-state index contributed by atoms with van der Waals surface area (Å²) in [7, 11) is 3.62. The van der Waals surface area contributed by atoms with Crippen LogP contribution in [-0.4, -0.2) is 33.5 Å². The third-order valence-corrected chi connectivity index (χ3v) is 3.56. The Bertz CT molecular complexity index is 402. The topological polar surface area (TPSA) is 39.7 Å². The van der Waals surface area contributed by atoms with E-state index in [9.17, 15) is 0 Å². The minimum atomic E-state index is 0.177. The number of benzene rings is 1. The van der Waals surface area contributed by atoms with Gasteiger partial charge in [-0.25, -0.2) is 0 Å². The fourth-order valence-electron chi connectivity index (χ4n) is 2.36. The Morgan fingerprint density at radius 2 is 2.21 bits per heavy atom. The van der Waals surface area contributed by atoms with Crippen LogP contribution in [0.15, 0.2) is 18.2 Å². The number of hydrogen-bond donors (Lipinski definition) is 1. The number of ether oxygens (including phenoxy) is 3. The van der Waals surface area contributed by atoms with Gasteiger partial charge in [-0.05, 0) is 38.9 Å². The molecule has 0 aliphatic carbocycles. The Balaban J connectivity index is 2.13. The maximum atomic E-state index is 5.94. The van der Waals surface area contributed by atoms with Gasteiger partial charge in [0.05, 0.1) is 18.8 Å². The zero-order valence-electron chi connectivity index (χ0n) is 11.9. The van der Waals surface area contributed by atoms with Crippen molar-refractivity contribution in [3.05, 3.63) is 23.8 Å². The number of hydrogen-bond acceptors (Lipinski definition) is 4. The van der Waals surface area contributed by atoms with Crippen molar-refractivity contribution >= 4 is 0 Å². The van der Waals surface area contributed by atoms with Crippen LogP contribution < -0.4 is 14.8 Å². The summed E-state index contributed by atoms with van der Waals surface area (Å²) in [6, 6.07) is 6.08. The van der Waals surface area contributed by atoms with Gasteiger partial charge in [0.25, 0.3) is 0 Å². The van der Waals surface area contributed by atoms with Crippen molar-refractivity contribution < 1.29 is 14.2 Å². The number of methoxy groups -OCH3 is 1. The maximum absolute atomic E-state index is 5.94. The van der Waals surface area contributed by atoms with E-state index in [1.807, 2.05) is 25.2 Å². The molecule has 2 atom stereocenters. The quantitative estimate of drug-likeness (QED) is 0.858. The summed E-state index contributed by atoms with van der Waals surface area (Å²) >= 11 is 0. The Morgan fingerprint density at radius 3 is 2.84 bits per heavy atom. The van der Waals surface area contributed by atoms with E-state index in [0.717, 1.165) is 36.5 Å². The molecule has 0 bridgehead atoms. The van der Waals surface area contributed by atoms with Crippen molar-refractivity contribution in [2.75, 3.05) is 27.4 Å². The molecule has 1 aromatic rings. The van der Waals surface area contributed by atoms with Crippen LogP contribution in [0.3, 0.4) is 0 Å². The van der Waals surface area contributed by atoms with Crippen molar-refractivity contribution in [1.29, 1.82) is 0 Å². The normalized spacial score (nSPS) is 20.3. The summed E-state index contributed by atoms with van der Waals surface area (Å²) in [5, 5.41) is 3.23. The van der Waals surface area contributed by atoms with Gasteiger partial charge in [-0.3, -0.25) is 0 Å². The summed E-state index contributed by atoms with van der Waals surface area (Å²) < 4.78 is 17.0. The van der Waals surface area contributed by atoms with E-state index < -0.39 is 0 Å². The molecular weight excluding hydrogens is 242 g/mol. The van der Waals surface area contributed by atoms with Crippen LogP contribution in [0, 0.1) is 0 Å². The Kier molecular flexibility index (Phi) is 5.05. The summed E-state index contributed by atoms with van der Waals surface area (Å²) in [5.41, 5.74) is 1.06. The molecule has 1 fully saturated rings. The van der Waals surface area contributed by atoms with Crippen molar-refractivity contribution in [1.82, 2.24) is 5.32 Å². The first-order valence-electron chi connectivity index (χ1n) is 6.84. The van der Waals surface area contributed by atoms with Crippen LogP contribution in [-0.2, 0) is 4.74 Å². The highest BCUT2D eigenvalue weighted by molar-refractivity contribution is 5.46. The minimum absolute atomic E-state index is 0.177. The van der Waals surface area contributed by atoms with Gasteiger partial charge in [0, 0.05) is 12.6 Å². The van der Waals surface area contributed by atoms with Crippen molar-refractivity contribution in [3.63, 3.8) is 0 Å². The smallest absolute Gasteiger partial charge is 0.127 e. The molecule has 1 saturated heterocycles. The van der Waals surface area contributed by atoms with Crippen LogP contribution in [0.5, 0.6) is 11.5 Å². The van der Waals surface area contributed by atoms with Crippen LogP contribution in [0.2, 0.25) is 0 Å². The van der Waals surface area contributed by atoms with E-state index in [1.54, 1.807) is 7.11 Å². The first-order chi connectivity index (χ1) is 9.26. The Labute approximate surface area is 115 Å². The largest absolute Gasteiger partial charge is 0.496 e. The lowest BCUT2D eigenvalue weighted by Gasteiger charge is -2.20. The van der Waals surface area contributed by atoms with Gasteiger partial charge in [-0.2, -0.15) is 0 Å². The van der Waals surface area contributed by atoms with Gasteiger partial charge in [0.2, 0.25) is 0 Å². The summed E-state index contributed by atoms with van der Waals surface area (Å²) in [4.78, 5) is 0. The molecule has 1 heterocycles. The highest BCUT2D eigenvalue weighted by Crippen LogP contribution is 2.34. The second-order valence-corrected chi connectivity index (χ2v) is 4.83. The zero-order valence-corrected chi connectivity index (χ0v) is 11.9. The van der Waals surface area contributed by atoms with E-state index in [1.165, 1.54) is 0 Å². The second-order valence-electron chi connectivity index (χ2n) is 4.83. The van der Waals surface area contributed by atoms with Crippen molar-refractivity contribution in [2.45, 2.75) is 31.9 Å². The lowest BCUT2D eigenvalue weighted by atomic mass is 10.1. The number of rotatable bonds is 6. The molecule has 4 nitrogen and oxygen atoms in total. The van der Waals surface area contributed by atoms with Gasteiger partial charge >= 0.3 is 0 Å². The molecular formula is C15H23NO3. The van der Waals surface area contributed by atoms with Gasteiger partial charge in [-0.15, -0.1) is 0 Å². The Hall–Kier alpha value is -1.26. The second kappa shape index (κ2) is 6.78. The maximum Gasteiger partial charge on any atom is 0.127 e. The lowest BCUT2D eigenvalue weighted by molar-refractivity contribution is 0.0673. The molecule has 0 amide bonds. The molecule has 2 unspecified atom stereocenters. The molecule has 2 rings (SSSR count). The van der Waals surface area contributed by atoms with E-state index >= 15 is 0 Å². The molecule has 106 valence electrons. The standard InChI is InChI=1S/C15H23NO3/c1-11(16-2)15-13(17-3)7-4-8-14(15)19-10-12-6-5-9-18-12/h4,7-8,11-12,16H,5-6,9-10H2,1-3H3. The van der Waals surface area contributed by atoms with Crippen LogP contribution in [0.4, 0.5) is 0 Å². The molecule has 0 spiro atoms. The SMILES string of the molecule is CNC(C)c1c(OC)cccc1OCC1CCCO1. The van der Waals surface area contributed by atoms with Gasteiger partial charge in [0.15, 0.2) is 0 Å². The molecule has 1 aromatic carbocycles. The third-order valence-electron chi connectivity index (χ3n) is 3.56. The van der Waals surface area contributed by atoms with E-state index in [-0.39, 0.29) is 12.1 Å². The van der Waals surface area contributed by atoms with Gasteiger partial charge in [-0.1, -0.05) is 6.07 Å². The monoisotopic (exact) mass is 265 g/mol. The molecule has 1 N–H and O–H groups in total. The fourth-order valence-corrected chi connectivity index (χ4v) is 2.36. The predicted octanol–water partition coefficient (Wildman–Crippen LogP) is 2.53. The van der Waals surface area contributed by atoms with E-state index in [4.69, 9.17) is 14.2 Å². The third kappa shape index (κ3) is 3.39. The first kappa shape index (κ1) is 14.2. The average molecular weight is 265 g/mol. The van der Waals surface area contributed by atoms with Crippen LogP contribution >= 0.6 is 0 Å². The van der Waals surface area contributed by atoms with Gasteiger partial charge < -0.3 is 19.5 Å². The lowest BCUT2D eigenvalue weighted by Crippen LogP contribution is -2.19. The first-order valence-corrected chi connectivity index (χ1v) is 6.84. The zero-order chi connectivity index (χ0) is 13.7. The van der Waals surface area contributed by atoms with Gasteiger partial charge in [0.1, 0.15) is 18.1 Å². The van der Waals surface area contributed by atoms with Crippen LogP contribution in [0.1, 0.15) is 31.4 Å². The van der Waals surface area contributed by atoms with Crippen molar-refractivity contribution in [3.8, 4) is 11.5 Å². The number of nitrogens with one attached hydrogen (secondary N) is 1. The molecule has 0 aromatic heterocycles. The molecule has 1 aliphatic heterocycles. The Morgan fingerprint density at radius 1 is 1.42 bits per heavy atom. The molecule has 19 heavy (non-hydrogen) atoms. The van der Waals surface area contributed by atoms with E-state index in [2.05, 4.69) is 12.2 Å². The molecule has 1 aliphatic rings. The summed E-state index contributed by atoms with van der Waals surface area (Å²) in [6.07, 6.45) is 2.44. The summed E-state index contributed by atoms with van der Waals surface area (Å²) in [5.74, 6) is 1.73.